The zero-order valence-electron chi connectivity index (χ0n) is 12.7. The number of hydrogen-bond acceptors (Lipinski definition) is 3. The normalized spacial score (nSPS) is 21.2. The van der Waals surface area contributed by atoms with Crippen LogP contribution in [-0.2, 0) is 14.3 Å². The molecule has 2 atom stereocenters. The summed E-state index contributed by atoms with van der Waals surface area (Å²) >= 11 is 2.22. The van der Waals surface area contributed by atoms with Gasteiger partial charge in [-0.05, 0) is 60.6 Å². The monoisotopic (exact) mass is 417 g/mol. The number of quaternary nitrogens is 1. The van der Waals surface area contributed by atoms with Gasteiger partial charge in [0.05, 0.1) is 19.7 Å². The Bertz CT molecular complexity index is 536. The minimum Gasteiger partial charge on any atom is -0.466 e. The molecule has 22 heavy (non-hydrogen) atoms. The van der Waals surface area contributed by atoms with E-state index in [2.05, 4.69) is 27.9 Å². The predicted molar refractivity (Wildman–Crippen MR) is 92.7 cm³/mol. The number of halogens is 1. The minimum absolute atomic E-state index is 0.0125. The molecule has 6 heteroatoms. The molecule has 0 saturated carbocycles. The summed E-state index contributed by atoms with van der Waals surface area (Å²) in [4.78, 5) is 25.1. The van der Waals surface area contributed by atoms with Crippen molar-refractivity contribution in [3.05, 3.63) is 27.8 Å². The van der Waals surface area contributed by atoms with Gasteiger partial charge in [0.25, 0.3) is 5.91 Å². The Balaban J connectivity index is 1.84. The lowest BCUT2D eigenvalue weighted by atomic mass is 9.98. The third kappa shape index (κ3) is 5.24. The summed E-state index contributed by atoms with van der Waals surface area (Å²) in [5.41, 5.74) is 0.815. The van der Waals surface area contributed by atoms with Crippen LogP contribution in [0, 0.1) is 9.49 Å². The highest BCUT2D eigenvalue weighted by Crippen LogP contribution is 2.12. The first-order valence-corrected chi connectivity index (χ1v) is 8.72. The Morgan fingerprint density at radius 2 is 2.27 bits per heavy atom. The quantitative estimate of drug-likeness (QED) is 0.557. The Labute approximate surface area is 144 Å². The van der Waals surface area contributed by atoms with Crippen LogP contribution in [0.4, 0.5) is 5.69 Å². The molecule has 1 aromatic rings. The van der Waals surface area contributed by atoms with Gasteiger partial charge in [0, 0.05) is 9.26 Å². The lowest BCUT2D eigenvalue weighted by Crippen LogP contribution is -3.14. The van der Waals surface area contributed by atoms with Crippen LogP contribution in [-0.4, -0.2) is 38.1 Å². The fraction of sp³-hybridized carbons (Fsp3) is 0.500. The van der Waals surface area contributed by atoms with Crippen LogP contribution in [0.25, 0.3) is 0 Å². The second-order valence-corrected chi connectivity index (χ2v) is 6.78. The summed E-state index contributed by atoms with van der Waals surface area (Å²) in [6.07, 6.45) is 1.82. The number of ether oxygens (including phenoxy) is 1. The van der Waals surface area contributed by atoms with Gasteiger partial charge >= 0.3 is 5.97 Å². The molecule has 1 aliphatic heterocycles. The number of benzene rings is 1. The van der Waals surface area contributed by atoms with Crippen LogP contribution in [0.15, 0.2) is 24.3 Å². The Morgan fingerprint density at radius 1 is 1.45 bits per heavy atom. The maximum atomic E-state index is 12.1. The van der Waals surface area contributed by atoms with Crippen molar-refractivity contribution in [3.63, 3.8) is 0 Å². The van der Waals surface area contributed by atoms with E-state index in [1.807, 2.05) is 31.2 Å². The topological polar surface area (TPSA) is 59.8 Å². The SMILES string of the molecule is CCOC(=O)[C@@H]1CCC[NH+](CC(=O)Nc2cccc(I)c2)C1. The van der Waals surface area contributed by atoms with Crippen LogP contribution in [0.1, 0.15) is 19.8 Å². The number of hydrogen-bond donors (Lipinski definition) is 2. The summed E-state index contributed by atoms with van der Waals surface area (Å²) in [5, 5.41) is 2.92. The zero-order chi connectivity index (χ0) is 15.9. The van der Waals surface area contributed by atoms with Crippen molar-refractivity contribution in [2.45, 2.75) is 19.8 Å². The molecule has 1 amide bonds. The van der Waals surface area contributed by atoms with E-state index in [9.17, 15) is 9.59 Å². The van der Waals surface area contributed by atoms with Crippen LogP contribution < -0.4 is 10.2 Å². The van der Waals surface area contributed by atoms with Crippen molar-refractivity contribution in [2.24, 2.45) is 5.92 Å². The molecule has 0 aliphatic carbocycles. The summed E-state index contributed by atoms with van der Waals surface area (Å²) < 4.78 is 6.18. The molecule has 2 rings (SSSR count). The second kappa shape index (κ2) is 8.47. The maximum Gasteiger partial charge on any atom is 0.314 e. The molecule has 5 nitrogen and oxygen atoms in total. The van der Waals surface area contributed by atoms with Gasteiger partial charge < -0.3 is 15.0 Å². The number of nitrogens with one attached hydrogen (secondary N) is 2. The number of amides is 1. The summed E-state index contributed by atoms with van der Waals surface area (Å²) in [7, 11) is 0. The van der Waals surface area contributed by atoms with E-state index in [1.54, 1.807) is 0 Å². The summed E-state index contributed by atoms with van der Waals surface area (Å²) in [6.45, 7) is 4.23. The molecule has 1 aromatic carbocycles. The third-order valence-electron chi connectivity index (χ3n) is 3.76. The number of esters is 1. The second-order valence-electron chi connectivity index (χ2n) is 5.53. The first kappa shape index (κ1) is 17.2. The minimum atomic E-state index is -0.127. The van der Waals surface area contributed by atoms with Crippen molar-refractivity contribution in [1.82, 2.24) is 0 Å². The Morgan fingerprint density at radius 3 is 3.00 bits per heavy atom. The fourth-order valence-electron chi connectivity index (χ4n) is 2.77. The molecular weight excluding hydrogens is 395 g/mol. The van der Waals surface area contributed by atoms with E-state index in [4.69, 9.17) is 4.74 Å². The number of anilines is 1. The molecular formula is C16H22IN2O3+. The molecule has 1 fully saturated rings. The molecule has 0 spiro atoms. The number of rotatable bonds is 5. The lowest BCUT2D eigenvalue weighted by Gasteiger charge is -2.28. The molecule has 1 unspecified atom stereocenters. The van der Waals surface area contributed by atoms with Crippen molar-refractivity contribution >= 4 is 40.2 Å². The van der Waals surface area contributed by atoms with Gasteiger partial charge in [-0.15, -0.1) is 0 Å². The van der Waals surface area contributed by atoms with Gasteiger partial charge in [-0.2, -0.15) is 0 Å². The smallest absolute Gasteiger partial charge is 0.314 e. The largest absolute Gasteiger partial charge is 0.466 e. The average Bonchev–Trinajstić information content (AvgIpc) is 2.47. The molecule has 2 N–H and O–H groups in total. The van der Waals surface area contributed by atoms with Crippen molar-refractivity contribution in [2.75, 3.05) is 31.6 Å². The van der Waals surface area contributed by atoms with E-state index in [1.165, 1.54) is 0 Å². The number of carbonyl (C=O) groups excluding carboxylic acids is 2. The molecule has 120 valence electrons. The van der Waals surface area contributed by atoms with Crippen LogP contribution in [0.3, 0.4) is 0 Å². The van der Waals surface area contributed by atoms with Crippen LogP contribution in [0.2, 0.25) is 0 Å². The summed E-state index contributed by atoms with van der Waals surface area (Å²) in [5.74, 6) is -0.214. The number of piperidine rings is 1. The molecule has 0 bridgehead atoms. The highest BCUT2D eigenvalue weighted by molar-refractivity contribution is 14.1. The molecule has 1 saturated heterocycles. The molecule has 0 aromatic heterocycles. The zero-order valence-corrected chi connectivity index (χ0v) is 14.9. The van der Waals surface area contributed by atoms with E-state index >= 15 is 0 Å². The third-order valence-corrected chi connectivity index (χ3v) is 4.43. The van der Waals surface area contributed by atoms with Crippen LogP contribution >= 0.6 is 22.6 Å². The summed E-state index contributed by atoms with van der Waals surface area (Å²) in [6, 6.07) is 7.72. The van der Waals surface area contributed by atoms with Gasteiger partial charge in [0.15, 0.2) is 6.54 Å². The maximum absolute atomic E-state index is 12.1. The van der Waals surface area contributed by atoms with Crippen molar-refractivity contribution in [3.8, 4) is 0 Å². The predicted octanol–water partition coefficient (Wildman–Crippen LogP) is 1.09. The van der Waals surface area contributed by atoms with Crippen molar-refractivity contribution in [1.29, 1.82) is 0 Å². The van der Waals surface area contributed by atoms with Gasteiger partial charge in [-0.3, -0.25) is 9.59 Å². The molecule has 0 radical (unpaired) electrons. The number of likely N-dealkylation sites (tertiary alicyclic amines) is 1. The van der Waals surface area contributed by atoms with Gasteiger partial charge in [-0.25, -0.2) is 0 Å². The van der Waals surface area contributed by atoms with Gasteiger partial charge in [0.1, 0.15) is 5.92 Å². The first-order valence-electron chi connectivity index (χ1n) is 7.64. The number of carbonyl (C=O) groups is 2. The van der Waals surface area contributed by atoms with E-state index < -0.39 is 0 Å². The first-order chi connectivity index (χ1) is 10.6. The standard InChI is InChI=1S/C16H21IN2O3/c1-2-22-16(21)12-5-4-8-19(10-12)11-15(20)18-14-7-3-6-13(17)9-14/h3,6-7,9,12H,2,4-5,8,10-11H2,1H3,(H,18,20)/p+1/t12-/m1/s1. The van der Waals surface area contributed by atoms with Gasteiger partial charge in [-0.1, -0.05) is 6.07 Å². The lowest BCUT2D eigenvalue weighted by molar-refractivity contribution is -0.899. The van der Waals surface area contributed by atoms with E-state index in [-0.39, 0.29) is 17.8 Å². The highest BCUT2D eigenvalue weighted by atomic mass is 127. The molecule has 1 heterocycles. The van der Waals surface area contributed by atoms with Crippen molar-refractivity contribution < 1.29 is 19.2 Å². The Kier molecular flexibility index (Phi) is 6.63. The highest BCUT2D eigenvalue weighted by Gasteiger charge is 2.30. The van der Waals surface area contributed by atoms with E-state index in [0.717, 1.165) is 33.5 Å². The van der Waals surface area contributed by atoms with Gasteiger partial charge in [0.2, 0.25) is 0 Å². The van der Waals surface area contributed by atoms with Crippen LogP contribution in [0.5, 0.6) is 0 Å². The fourth-order valence-corrected chi connectivity index (χ4v) is 3.31. The Hall–Kier alpha value is -1.15. The molecule has 1 aliphatic rings. The van der Waals surface area contributed by atoms with E-state index in [0.29, 0.717) is 19.7 Å². The average molecular weight is 417 g/mol.